The first kappa shape index (κ1) is 13.1. The van der Waals surface area contributed by atoms with Gasteiger partial charge in [-0.15, -0.1) is 0 Å². The molecule has 0 saturated carbocycles. The zero-order chi connectivity index (χ0) is 14.7. The molecule has 0 radical (unpaired) electrons. The molecule has 0 spiro atoms. The van der Waals surface area contributed by atoms with Crippen LogP contribution >= 0.6 is 0 Å². The highest BCUT2D eigenvalue weighted by molar-refractivity contribution is 5.99. The Morgan fingerprint density at radius 2 is 2.14 bits per heavy atom. The van der Waals surface area contributed by atoms with E-state index in [1.807, 2.05) is 48.7 Å². The Balaban J connectivity index is 2.14. The molecular formula is C17H15N3O. The molecule has 3 aromatic rings. The Hall–Kier alpha value is -2.88. The second-order valence-electron chi connectivity index (χ2n) is 4.67. The highest BCUT2D eigenvalue weighted by Crippen LogP contribution is 2.24. The van der Waals surface area contributed by atoms with E-state index in [0.29, 0.717) is 0 Å². The summed E-state index contributed by atoms with van der Waals surface area (Å²) in [4.78, 5) is 19.3. The van der Waals surface area contributed by atoms with Gasteiger partial charge >= 0.3 is 0 Å². The predicted molar refractivity (Wildman–Crippen MR) is 83.7 cm³/mol. The van der Waals surface area contributed by atoms with Gasteiger partial charge in [0.2, 0.25) is 5.91 Å². The molecule has 0 atom stereocenters. The maximum atomic E-state index is 11.8. The van der Waals surface area contributed by atoms with Crippen molar-refractivity contribution in [2.75, 3.05) is 7.05 Å². The van der Waals surface area contributed by atoms with E-state index in [0.717, 1.165) is 27.7 Å². The fourth-order valence-corrected chi connectivity index (χ4v) is 2.25. The fraction of sp³-hybridized carbons (Fsp3) is 0.0588. The molecule has 3 rings (SSSR count). The molecule has 21 heavy (non-hydrogen) atoms. The van der Waals surface area contributed by atoms with Gasteiger partial charge in [0.05, 0.1) is 5.69 Å². The average molecular weight is 277 g/mol. The molecule has 4 heteroatoms. The van der Waals surface area contributed by atoms with Crippen LogP contribution in [0, 0.1) is 0 Å². The Morgan fingerprint density at radius 3 is 2.90 bits per heavy atom. The van der Waals surface area contributed by atoms with Crippen molar-refractivity contribution in [3.8, 4) is 0 Å². The quantitative estimate of drug-likeness (QED) is 0.723. The van der Waals surface area contributed by atoms with Crippen molar-refractivity contribution in [3.05, 3.63) is 72.2 Å². The zero-order valence-electron chi connectivity index (χ0n) is 11.6. The van der Waals surface area contributed by atoms with Crippen LogP contribution in [0.4, 0.5) is 0 Å². The van der Waals surface area contributed by atoms with E-state index < -0.39 is 0 Å². The minimum absolute atomic E-state index is 0.151. The first-order chi connectivity index (χ1) is 10.3. The van der Waals surface area contributed by atoms with Crippen molar-refractivity contribution < 1.29 is 4.79 Å². The normalized spacial score (nSPS) is 11.6. The van der Waals surface area contributed by atoms with Crippen LogP contribution in [0.15, 0.2) is 60.9 Å². The van der Waals surface area contributed by atoms with Crippen molar-refractivity contribution >= 4 is 22.4 Å². The number of nitrogens with zero attached hydrogens (tertiary/aromatic N) is 1. The molecule has 0 aliphatic heterocycles. The van der Waals surface area contributed by atoms with Gasteiger partial charge in [0.1, 0.15) is 0 Å². The van der Waals surface area contributed by atoms with Crippen molar-refractivity contribution in [1.82, 2.24) is 15.3 Å². The van der Waals surface area contributed by atoms with E-state index in [-0.39, 0.29) is 5.91 Å². The summed E-state index contributed by atoms with van der Waals surface area (Å²) in [6, 6.07) is 13.7. The van der Waals surface area contributed by atoms with E-state index in [4.69, 9.17) is 0 Å². The molecular weight excluding hydrogens is 262 g/mol. The van der Waals surface area contributed by atoms with Gasteiger partial charge in [-0.25, -0.2) is 0 Å². The number of amides is 1. The van der Waals surface area contributed by atoms with E-state index in [9.17, 15) is 4.79 Å². The minimum atomic E-state index is -0.151. The molecule has 104 valence electrons. The molecule has 0 bridgehead atoms. The number of carbonyl (C=O) groups is 1. The molecule has 2 aromatic heterocycles. The number of nitrogens with one attached hydrogen (secondary N) is 2. The summed E-state index contributed by atoms with van der Waals surface area (Å²) >= 11 is 0. The van der Waals surface area contributed by atoms with Crippen molar-refractivity contribution in [3.63, 3.8) is 0 Å². The van der Waals surface area contributed by atoms with Gasteiger partial charge in [-0.3, -0.25) is 9.78 Å². The molecule has 1 amide bonds. The van der Waals surface area contributed by atoms with Gasteiger partial charge in [0.25, 0.3) is 0 Å². The number of hydrogen-bond acceptors (Lipinski definition) is 2. The van der Waals surface area contributed by atoms with Crippen LogP contribution in [0.3, 0.4) is 0 Å². The van der Waals surface area contributed by atoms with Gasteiger partial charge in [-0.2, -0.15) is 0 Å². The Morgan fingerprint density at radius 1 is 1.24 bits per heavy atom. The number of likely N-dealkylation sites (N-methyl/N-ethyl adjacent to an activating group) is 1. The maximum Gasteiger partial charge on any atom is 0.244 e. The second kappa shape index (κ2) is 5.63. The topological polar surface area (TPSA) is 57.8 Å². The van der Waals surface area contributed by atoms with Gasteiger partial charge in [0, 0.05) is 36.6 Å². The lowest BCUT2D eigenvalue weighted by atomic mass is 10.0. The highest BCUT2D eigenvalue weighted by Gasteiger charge is 2.09. The number of rotatable bonds is 3. The lowest BCUT2D eigenvalue weighted by molar-refractivity contribution is -0.116. The Bertz CT molecular complexity index is 803. The third-order valence-electron chi connectivity index (χ3n) is 3.33. The van der Waals surface area contributed by atoms with Gasteiger partial charge in [-0.05, 0) is 35.2 Å². The van der Waals surface area contributed by atoms with E-state index >= 15 is 0 Å². The summed E-state index contributed by atoms with van der Waals surface area (Å²) in [5, 5.41) is 3.75. The smallest absolute Gasteiger partial charge is 0.244 e. The SMILES string of the molecule is CNC(=O)C=C(c1ccc2cc[nH]c2c1)c1ccccn1. The fourth-order valence-electron chi connectivity index (χ4n) is 2.25. The molecule has 0 aliphatic rings. The van der Waals surface area contributed by atoms with Gasteiger partial charge in [0.15, 0.2) is 0 Å². The van der Waals surface area contributed by atoms with Crippen LogP contribution in [0.25, 0.3) is 16.5 Å². The monoisotopic (exact) mass is 277 g/mol. The summed E-state index contributed by atoms with van der Waals surface area (Å²) < 4.78 is 0. The van der Waals surface area contributed by atoms with Crippen LogP contribution in [-0.2, 0) is 4.79 Å². The van der Waals surface area contributed by atoms with E-state index in [1.165, 1.54) is 0 Å². The summed E-state index contributed by atoms with van der Waals surface area (Å²) in [7, 11) is 1.61. The Labute approximate surface area is 122 Å². The number of H-pyrrole nitrogens is 1. The van der Waals surface area contributed by atoms with Crippen LogP contribution < -0.4 is 5.32 Å². The van der Waals surface area contributed by atoms with Crippen LogP contribution in [0.1, 0.15) is 11.3 Å². The van der Waals surface area contributed by atoms with Crippen LogP contribution in [-0.4, -0.2) is 22.9 Å². The molecule has 0 fully saturated rings. The summed E-state index contributed by atoms with van der Waals surface area (Å²) in [6.07, 6.45) is 5.20. The minimum Gasteiger partial charge on any atom is -0.361 e. The van der Waals surface area contributed by atoms with Crippen molar-refractivity contribution in [2.45, 2.75) is 0 Å². The number of aromatic nitrogens is 2. The zero-order valence-corrected chi connectivity index (χ0v) is 11.6. The van der Waals surface area contributed by atoms with E-state index in [1.54, 1.807) is 19.3 Å². The van der Waals surface area contributed by atoms with Gasteiger partial charge in [-0.1, -0.05) is 18.2 Å². The first-order valence-corrected chi connectivity index (χ1v) is 6.70. The molecule has 4 nitrogen and oxygen atoms in total. The Kier molecular flexibility index (Phi) is 3.51. The second-order valence-corrected chi connectivity index (χ2v) is 4.67. The standard InChI is InChI=1S/C17H15N3O/c1-18-17(21)11-14(15-4-2-3-8-19-15)13-6-5-12-7-9-20-16(12)10-13/h2-11,20H,1H3,(H,18,21). The van der Waals surface area contributed by atoms with Crippen molar-refractivity contribution in [1.29, 1.82) is 0 Å². The third-order valence-corrected chi connectivity index (χ3v) is 3.33. The van der Waals surface area contributed by atoms with Crippen LogP contribution in [0.2, 0.25) is 0 Å². The molecule has 0 aliphatic carbocycles. The number of pyridine rings is 1. The highest BCUT2D eigenvalue weighted by atomic mass is 16.1. The van der Waals surface area contributed by atoms with Crippen LogP contribution in [0.5, 0.6) is 0 Å². The number of aromatic amines is 1. The predicted octanol–water partition coefficient (Wildman–Crippen LogP) is 2.74. The molecule has 2 heterocycles. The molecule has 1 aromatic carbocycles. The summed E-state index contributed by atoms with van der Waals surface area (Å²) in [5.41, 5.74) is 3.55. The van der Waals surface area contributed by atoms with Gasteiger partial charge < -0.3 is 10.3 Å². The summed E-state index contributed by atoms with van der Waals surface area (Å²) in [6.45, 7) is 0. The molecule has 2 N–H and O–H groups in total. The number of hydrogen-bond donors (Lipinski definition) is 2. The first-order valence-electron chi connectivity index (χ1n) is 6.70. The molecule has 0 saturated heterocycles. The number of carbonyl (C=O) groups excluding carboxylic acids is 1. The number of fused-ring (bicyclic) bond motifs is 1. The maximum absolute atomic E-state index is 11.8. The number of benzene rings is 1. The lowest BCUT2D eigenvalue weighted by Gasteiger charge is -2.08. The van der Waals surface area contributed by atoms with Crippen molar-refractivity contribution in [2.24, 2.45) is 0 Å². The largest absolute Gasteiger partial charge is 0.361 e. The third kappa shape index (κ3) is 2.69. The molecule has 0 unspecified atom stereocenters. The lowest BCUT2D eigenvalue weighted by Crippen LogP contribution is -2.15. The van der Waals surface area contributed by atoms with E-state index in [2.05, 4.69) is 15.3 Å². The summed E-state index contributed by atoms with van der Waals surface area (Å²) in [5.74, 6) is -0.151. The average Bonchev–Trinajstić information content (AvgIpc) is 3.00.